The Labute approximate surface area is 238 Å². The van der Waals surface area contributed by atoms with Gasteiger partial charge in [-0.1, -0.05) is 13.3 Å². The molecule has 0 saturated heterocycles. The minimum Gasteiger partial charge on any atom is -0.490 e. The van der Waals surface area contributed by atoms with Gasteiger partial charge in [0.15, 0.2) is 0 Å². The van der Waals surface area contributed by atoms with E-state index in [0.717, 1.165) is 52.3 Å². The van der Waals surface area contributed by atoms with Crippen molar-refractivity contribution in [3.05, 3.63) is 83.1 Å². The van der Waals surface area contributed by atoms with Gasteiger partial charge in [0.1, 0.15) is 17.3 Å². The minimum absolute atomic E-state index is 0.0809. The molecule has 2 unspecified atom stereocenters. The van der Waals surface area contributed by atoms with Gasteiger partial charge in [-0.05, 0) is 80.1 Å². The fourth-order valence-corrected chi connectivity index (χ4v) is 5.78. The Morgan fingerprint density at radius 2 is 1.93 bits per heavy atom. The number of nitrogens with two attached hydrogens (primary N) is 1. The van der Waals surface area contributed by atoms with Crippen LogP contribution in [0.25, 0.3) is 16.8 Å². The first kappa shape index (κ1) is 26.9. The molecule has 9 heteroatoms. The average Bonchev–Trinajstić information content (AvgIpc) is 3.61. The fourth-order valence-electron chi connectivity index (χ4n) is 5.78. The third-order valence-electron chi connectivity index (χ3n) is 8.47. The Hall–Kier alpha value is -4.27. The molecule has 4 heterocycles. The number of carbonyl (C=O) groups is 2. The van der Waals surface area contributed by atoms with Crippen LogP contribution in [0, 0.1) is 11.7 Å². The summed E-state index contributed by atoms with van der Waals surface area (Å²) >= 11 is 0. The van der Waals surface area contributed by atoms with E-state index in [4.69, 9.17) is 14.5 Å². The lowest BCUT2D eigenvalue weighted by Gasteiger charge is -2.34. The maximum atomic E-state index is 13.7. The lowest BCUT2D eigenvalue weighted by molar-refractivity contribution is -0.106. The van der Waals surface area contributed by atoms with E-state index < -0.39 is 0 Å². The highest BCUT2D eigenvalue weighted by molar-refractivity contribution is 5.95. The molecule has 3 aromatic heterocycles. The van der Waals surface area contributed by atoms with Crippen molar-refractivity contribution in [3.63, 3.8) is 0 Å². The van der Waals surface area contributed by atoms with Gasteiger partial charge >= 0.3 is 0 Å². The number of carbonyl (C=O) groups excluding carboxylic acids is 2. The number of hydrogen-bond acceptors (Lipinski definition) is 5. The SMILES string of the molecule is CC1COc2c1cc(C(CNC(=O)c1ccn3nc(C4CC4)cc3c1)C1CCC1)nc2-c1ccc(F)cc1.NC=O. The number of rotatable bonds is 7. The molecule has 0 bridgehead atoms. The molecular formula is C32H34FN5O3. The van der Waals surface area contributed by atoms with Crippen molar-refractivity contribution in [2.24, 2.45) is 11.7 Å². The van der Waals surface area contributed by atoms with Crippen LogP contribution in [0.15, 0.2) is 54.7 Å². The standard InChI is InChI=1S/C31H31FN4O2.CH3NO/c1-18-17-38-30-25(18)15-28(34-29(30)21-7-9-23(32)10-8-21)26(19-3-2-4-19)16-33-31(37)22-11-12-36-24(13-22)14-27(35-36)20-5-6-20;2-1-3/h7-15,18-20,26H,2-6,16-17H2,1H3,(H,33,37);1H,(H2,2,3). The number of pyridine rings is 2. The Kier molecular flexibility index (Phi) is 7.43. The summed E-state index contributed by atoms with van der Waals surface area (Å²) in [4.78, 5) is 26.9. The predicted molar refractivity (Wildman–Crippen MR) is 153 cm³/mol. The molecule has 0 spiro atoms. The summed E-state index contributed by atoms with van der Waals surface area (Å²) in [6, 6.07) is 14.5. The van der Waals surface area contributed by atoms with Crippen molar-refractivity contribution >= 4 is 17.8 Å². The van der Waals surface area contributed by atoms with Gasteiger partial charge in [-0.25, -0.2) is 13.9 Å². The van der Waals surface area contributed by atoms with E-state index >= 15 is 0 Å². The molecule has 2 aliphatic carbocycles. The first-order chi connectivity index (χ1) is 19.9. The largest absolute Gasteiger partial charge is 0.490 e. The second-order valence-corrected chi connectivity index (χ2v) is 11.3. The van der Waals surface area contributed by atoms with Gasteiger partial charge in [0.2, 0.25) is 6.41 Å². The van der Waals surface area contributed by atoms with Gasteiger partial charge in [0.25, 0.3) is 5.91 Å². The highest BCUT2D eigenvalue weighted by Gasteiger charge is 2.33. The number of hydrogen-bond donors (Lipinski definition) is 2. The average molecular weight is 556 g/mol. The normalized spacial score (nSPS) is 18.4. The Balaban J connectivity index is 0.000000967. The summed E-state index contributed by atoms with van der Waals surface area (Å²) < 4.78 is 21.5. The number of primary amides is 1. The van der Waals surface area contributed by atoms with E-state index in [1.54, 1.807) is 12.1 Å². The number of aromatic nitrogens is 3. The van der Waals surface area contributed by atoms with Gasteiger partial charge in [-0.2, -0.15) is 5.10 Å². The number of fused-ring (bicyclic) bond motifs is 2. The fraction of sp³-hybridized carbons (Fsp3) is 0.375. The van der Waals surface area contributed by atoms with Crippen LogP contribution in [0.1, 0.15) is 84.1 Å². The molecule has 1 aromatic carbocycles. The predicted octanol–water partition coefficient (Wildman–Crippen LogP) is 5.32. The zero-order chi connectivity index (χ0) is 28.5. The monoisotopic (exact) mass is 555 g/mol. The number of nitrogens with zero attached hydrogens (tertiary/aromatic N) is 3. The zero-order valence-electron chi connectivity index (χ0n) is 23.1. The smallest absolute Gasteiger partial charge is 0.251 e. The number of halogens is 1. The first-order valence-electron chi connectivity index (χ1n) is 14.3. The van der Waals surface area contributed by atoms with Crippen molar-refractivity contribution in [1.82, 2.24) is 19.9 Å². The lowest BCUT2D eigenvalue weighted by Crippen LogP contribution is -2.34. The summed E-state index contributed by atoms with van der Waals surface area (Å²) in [5, 5.41) is 7.86. The van der Waals surface area contributed by atoms with Crippen molar-refractivity contribution in [1.29, 1.82) is 0 Å². The molecule has 2 saturated carbocycles. The van der Waals surface area contributed by atoms with Crippen LogP contribution in [0.3, 0.4) is 0 Å². The molecule has 0 radical (unpaired) electrons. The topological polar surface area (TPSA) is 112 Å². The van der Waals surface area contributed by atoms with Crippen molar-refractivity contribution in [2.75, 3.05) is 13.2 Å². The zero-order valence-corrected chi connectivity index (χ0v) is 23.1. The van der Waals surface area contributed by atoms with E-state index in [9.17, 15) is 9.18 Å². The van der Waals surface area contributed by atoms with Crippen LogP contribution in [-0.2, 0) is 4.79 Å². The number of ether oxygens (including phenoxy) is 1. The van der Waals surface area contributed by atoms with Gasteiger partial charge in [0, 0.05) is 52.9 Å². The lowest BCUT2D eigenvalue weighted by atomic mass is 9.74. The van der Waals surface area contributed by atoms with E-state index in [1.807, 2.05) is 22.8 Å². The van der Waals surface area contributed by atoms with Crippen LogP contribution in [0.4, 0.5) is 4.39 Å². The molecule has 2 atom stereocenters. The summed E-state index contributed by atoms with van der Waals surface area (Å²) in [7, 11) is 0. The Bertz CT molecular complexity index is 1580. The van der Waals surface area contributed by atoms with E-state index in [-0.39, 0.29) is 30.0 Å². The molecule has 41 heavy (non-hydrogen) atoms. The van der Waals surface area contributed by atoms with E-state index in [2.05, 4.69) is 35.2 Å². The van der Waals surface area contributed by atoms with E-state index in [0.29, 0.717) is 30.6 Å². The number of benzene rings is 1. The summed E-state index contributed by atoms with van der Waals surface area (Å²) in [5.41, 5.74) is 10.6. The third-order valence-corrected chi connectivity index (χ3v) is 8.47. The van der Waals surface area contributed by atoms with Crippen LogP contribution in [0.2, 0.25) is 0 Å². The molecule has 3 N–H and O–H groups in total. The van der Waals surface area contributed by atoms with Gasteiger partial charge in [-0.3, -0.25) is 9.59 Å². The summed E-state index contributed by atoms with van der Waals surface area (Å²) in [6.45, 7) is 3.29. The highest BCUT2D eigenvalue weighted by atomic mass is 19.1. The molecule has 7 rings (SSSR count). The van der Waals surface area contributed by atoms with Gasteiger partial charge in [0.05, 0.1) is 17.8 Å². The highest BCUT2D eigenvalue weighted by Crippen LogP contribution is 2.45. The maximum absolute atomic E-state index is 13.7. The van der Waals surface area contributed by atoms with Crippen molar-refractivity contribution in [2.45, 2.75) is 56.8 Å². The molecule has 8 nitrogen and oxygen atoms in total. The maximum Gasteiger partial charge on any atom is 0.251 e. The first-order valence-corrected chi connectivity index (χ1v) is 14.3. The molecular weight excluding hydrogens is 521 g/mol. The van der Waals surface area contributed by atoms with E-state index in [1.165, 1.54) is 31.4 Å². The van der Waals surface area contributed by atoms with Crippen molar-refractivity contribution < 1.29 is 18.7 Å². The molecule has 1 aliphatic heterocycles. The quantitative estimate of drug-likeness (QED) is 0.300. The van der Waals surface area contributed by atoms with Gasteiger partial charge < -0.3 is 15.8 Å². The third kappa shape index (κ3) is 5.53. The second-order valence-electron chi connectivity index (χ2n) is 11.3. The molecule has 3 aliphatic rings. The van der Waals surface area contributed by atoms with Crippen LogP contribution >= 0.6 is 0 Å². The molecule has 2 amide bonds. The summed E-state index contributed by atoms with van der Waals surface area (Å²) in [6.07, 6.45) is 7.98. The Morgan fingerprint density at radius 3 is 2.61 bits per heavy atom. The second kappa shape index (κ2) is 11.3. The van der Waals surface area contributed by atoms with Crippen LogP contribution < -0.4 is 15.8 Å². The molecule has 212 valence electrons. The Morgan fingerprint density at radius 1 is 1.17 bits per heavy atom. The van der Waals surface area contributed by atoms with Crippen LogP contribution in [0.5, 0.6) is 5.75 Å². The molecule has 4 aromatic rings. The minimum atomic E-state index is -0.274. The number of amides is 2. The van der Waals surface area contributed by atoms with Crippen LogP contribution in [-0.4, -0.2) is 40.1 Å². The number of nitrogens with one attached hydrogen (secondary N) is 1. The molecule has 2 fully saturated rings. The van der Waals surface area contributed by atoms with Gasteiger partial charge in [-0.15, -0.1) is 0 Å². The summed E-state index contributed by atoms with van der Waals surface area (Å²) in [5.74, 6) is 1.84. The van der Waals surface area contributed by atoms with Crippen molar-refractivity contribution in [3.8, 4) is 17.0 Å².